The van der Waals surface area contributed by atoms with Gasteiger partial charge in [-0.15, -0.1) is 0 Å². The van der Waals surface area contributed by atoms with Crippen LogP contribution < -0.4 is 10.1 Å². The molecule has 0 fully saturated rings. The molecule has 0 spiro atoms. The lowest BCUT2D eigenvalue weighted by molar-refractivity contribution is 0.0957. The minimum Gasteiger partial charge on any atom is -0.495 e. The van der Waals surface area contributed by atoms with Gasteiger partial charge in [-0.1, -0.05) is 72.8 Å². The summed E-state index contributed by atoms with van der Waals surface area (Å²) in [5.74, 6) is -0.108. The van der Waals surface area contributed by atoms with Crippen molar-refractivity contribution in [2.75, 3.05) is 26.5 Å². The lowest BCUT2D eigenvalue weighted by atomic mass is 9.85. The molecule has 0 bridgehead atoms. The molecule has 43 heavy (non-hydrogen) atoms. The SMILES string of the molecule is COc1cc(C(=O)C2Cc3ccc(CN(C)C)n3Cc3ccccc32)ccc1NC(=O)c1ccccc1-c1ccccc1. The molecule has 1 amide bonds. The van der Waals surface area contributed by atoms with Crippen molar-refractivity contribution in [3.8, 4) is 16.9 Å². The number of ketones is 1. The van der Waals surface area contributed by atoms with E-state index in [2.05, 4.69) is 53.1 Å². The Morgan fingerprint density at radius 2 is 1.63 bits per heavy atom. The number of carbonyl (C=O) groups excluding carboxylic acids is 2. The number of anilines is 1. The molecule has 4 aromatic carbocycles. The summed E-state index contributed by atoms with van der Waals surface area (Å²) in [7, 11) is 5.69. The third kappa shape index (κ3) is 5.74. The first-order valence-electron chi connectivity index (χ1n) is 14.5. The van der Waals surface area contributed by atoms with Gasteiger partial charge in [0.25, 0.3) is 5.91 Å². The summed E-state index contributed by atoms with van der Waals surface area (Å²) in [5.41, 5.74) is 8.02. The van der Waals surface area contributed by atoms with E-state index >= 15 is 0 Å². The molecule has 1 aliphatic rings. The smallest absolute Gasteiger partial charge is 0.256 e. The molecule has 0 aliphatic carbocycles. The van der Waals surface area contributed by atoms with E-state index in [1.165, 1.54) is 5.69 Å². The first-order valence-corrected chi connectivity index (χ1v) is 14.5. The van der Waals surface area contributed by atoms with Gasteiger partial charge in [0.15, 0.2) is 5.78 Å². The third-order valence-electron chi connectivity index (χ3n) is 8.12. The van der Waals surface area contributed by atoms with Crippen LogP contribution >= 0.6 is 0 Å². The van der Waals surface area contributed by atoms with E-state index in [4.69, 9.17) is 4.74 Å². The molecular weight excluding hydrogens is 534 g/mol. The first-order chi connectivity index (χ1) is 20.9. The number of hydrogen-bond donors (Lipinski definition) is 1. The summed E-state index contributed by atoms with van der Waals surface area (Å²) < 4.78 is 8.04. The van der Waals surface area contributed by atoms with Crippen molar-refractivity contribution >= 4 is 17.4 Å². The van der Waals surface area contributed by atoms with Crippen LogP contribution in [0.5, 0.6) is 5.75 Å². The van der Waals surface area contributed by atoms with Crippen molar-refractivity contribution in [2.24, 2.45) is 0 Å². The standard InChI is InChI=1S/C37H35N3O3/c1-39(2)24-29-19-18-28-22-33(31-15-8-7-13-27(31)23-40(28)29)36(41)26-17-20-34(35(21-26)43-3)38-37(42)32-16-10-9-14-30(32)25-11-5-4-6-12-25/h4-21,33H,22-24H2,1-3H3,(H,38,42). The normalized spacial score (nSPS) is 14.0. The van der Waals surface area contributed by atoms with E-state index < -0.39 is 0 Å². The zero-order valence-corrected chi connectivity index (χ0v) is 24.7. The predicted molar refractivity (Wildman–Crippen MR) is 171 cm³/mol. The Bertz CT molecular complexity index is 1790. The average molecular weight is 570 g/mol. The van der Waals surface area contributed by atoms with Crippen LogP contribution in [-0.4, -0.2) is 42.4 Å². The Kier molecular flexibility index (Phi) is 7.95. The lowest BCUT2D eigenvalue weighted by Crippen LogP contribution is -2.17. The molecule has 1 N–H and O–H groups in total. The molecular formula is C37H35N3O3. The summed E-state index contributed by atoms with van der Waals surface area (Å²) in [6, 6.07) is 35.2. The maximum atomic E-state index is 14.2. The molecule has 5 aromatic rings. The van der Waals surface area contributed by atoms with Crippen LogP contribution in [-0.2, 0) is 19.5 Å². The van der Waals surface area contributed by atoms with Gasteiger partial charge in [-0.05, 0) is 72.7 Å². The second-order valence-corrected chi connectivity index (χ2v) is 11.2. The maximum absolute atomic E-state index is 14.2. The van der Waals surface area contributed by atoms with E-state index in [-0.39, 0.29) is 17.6 Å². The summed E-state index contributed by atoms with van der Waals surface area (Å²) in [6.07, 6.45) is 0.611. The van der Waals surface area contributed by atoms with Crippen molar-refractivity contribution < 1.29 is 14.3 Å². The van der Waals surface area contributed by atoms with E-state index in [0.717, 1.165) is 41.0 Å². The summed E-state index contributed by atoms with van der Waals surface area (Å²) in [5, 5.41) is 3.01. The van der Waals surface area contributed by atoms with Gasteiger partial charge in [0.1, 0.15) is 5.75 Å². The van der Waals surface area contributed by atoms with Gasteiger partial charge in [0.05, 0.1) is 18.7 Å². The second-order valence-electron chi connectivity index (χ2n) is 11.2. The van der Waals surface area contributed by atoms with Crippen LogP contribution in [0.1, 0.15) is 49.1 Å². The topological polar surface area (TPSA) is 63.6 Å². The highest BCUT2D eigenvalue weighted by Gasteiger charge is 2.30. The van der Waals surface area contributed by atoms with Gasteiger partial charge in [0, 0.05) is 42.0 Å². The molecule has 0 radical (unpaired) electrons. The summed E-state index contributed by atoms with van der Waals surface area (Å²) in [6.45, 7) is 1.57. The Morgan fingerprint density at radius 3 is 2.42 bits per heavy atom. The number of fused-ring (bicyclic) bond motifs is 2. The van der Waals surface area contributed by atoms with Gasteiger partial charge >= 0.3 is 0 Å². The Balaban J connectivity index is 1.29. The molecule has 2 heterocycles. The molecule has 6 rings (SSSR count). The number of rotatable bonds is 8. The maximum Gasteiger partial charge on any atom is 0.256 e. The third-order valence-corrected chi connectivity index (χ3v) is 8.12. The molecule has 1 aliphatic heterocycles. The zero-order valence-electron chi connectivity index (χ0n) is 24.7. The number of nitrogens with one attached hydrogen (secondary N) is 1. The van der Waals surface area contributed by atoms with Crippen molar-refractivity contribution in [3.63, 3.8) is 0 Å². The van der Waals surface area contributed by atoms with E-state index in [9.17, 15) is 9.59 Å². The van der Waals surface area contributed by atoms with Gasteiger partial charge in [-0.25, -0.2) is 0 Å². The fourth-order valence-corrected chi connectivity index (χ4v) is 6.03. The summed E-state index contributed by atoms with van der Waals surface area (Å²) in [4.78, 5) is 29.8. The predicted octanol–water partition coefficient (Wildman–Crippen LogP) is 7.05. The number of aromatic nitrogens is 1. The van der Waals surface area contributed by atoms with Gasteiger partial charge in [-0.3, -0.25) is 9.59 Å². The number of carbonyl (C=O) groups is 2. The minimum atomic E-state index is -0.331. The van der Waals surface area contributed by atoms with Crippen LogP contribution in [0.3, 0.4) is 0 Å². The number of ether oxygens (including phenoxy) is 1. The quantitative estimate of drug-likeness (QED) is 0.204. The number of nitrogens with zero attached hydrogens (tertiary/aromatic N) is 2. The Labute approximate surface area is 252 Å². The lowest BCUT2D eigenvalue weighted by Gasteiger charge is -2.18. The molecule has 1 unspecified atom stereocenters. The Hall–Kier alpha value is -4.94. The average Bonchev–Trinajstić information content (AvgIpc) is 3.30. The Morgan fingerprint density at radius 1 is 0.884 bits per heavy atom. The molecule has 0 saturated heterocycles. The van der Waals surface area contributed by atoms with Crippen LogP contribution in [0.25, 0.3) is 11.1 Å². The van der Waals surface area contributed by atoms with Crippen molar-refractivity contribution in [3.05, 3.63) is 143 Å². The van der Waals surface area contributed by atoms with E-state index in [0.29, 0.717) is 29.0 Å². The van der Waals surface area contributed by atoms with E-state index in [1.807, 2.05) is 66.7 Å². The number of hydrogen-bond acceptors (Lipinski definition) is 4. The first kappa shape index (κ1) is 28.2. The number of Topliss-reactive ketones (excluding diaryl/α,β-unsaturated/α-hetero) is 1. The van der Waals surface area contributed by atoms with Crippen molar-refractivity contribution in [1.29, 1.82) is 0 Å². The van der Waals surface area contributed by atoms with E-state index in [1.54, 1.807) is 25.3 Å². The molecule has 6 nitrogen and oxygen atoms in total. The monoisotopic (exact) mass is 569 g/mol. The van der Waals surface area contributed by atoms with Crippen molar-refractivity contribution in [2.45, 2.75) is 25.4 Å². The largest absolute Gasteiger partial charge is 0.495 e. The molecule has 1 atom stereocenters. The molecule has 6 heteroatoms. The molecule has 216 valence electrons. The van der Waals surface area contributed by atoms with Crippen LogP contribution in [0.2, 0.25) is 0 Å². The van der Waals surface area contributed by atoms with Crippen LogP contribution in [0.15, 0.2) is 109 Å². The van der Waals surface area contributed by atoms with Crippen LogP contribution in [0.4, 0.5) is 5.69 Å². The van der Waals surface area contributed by atoms with Gasteiger partial charge in [0.2, 0.25) is 0 Å². The number of amides is 1. The molecule has 0 saturated carbocycles. The summed E-state index contributed by atoms with van der Waals surface area (Å²) >= 11 is 0. The highest BCUT2D eigenvalue weighted by atomic mass is 16.5. The van der Waals surface area contributed by atoms with Crippen molar-refractivity contribution in [1.82, 2.24) is 9.47 Å². The highest BCUT2D eigenvalue weighted by molar-refractivity contribution is 6.10. The second kappa shape index (κ2) is 12.1. The number of benzene rings is 4. The zero-order chi connectivity index (χ0) is 29.9. The number of methoxy groups -OCH3 is 1. The highest BCUT2D eigenvalue weighted by Crippen LogP contribution is 2.35. The van der Waals surface area contributed by atoms with Crippen LogP contribution in [0, 0.1) is 0 Å². The fraction of sp³-hybridized carbons (Fsp3) is 0.189. The van der Waals surface area contributed by atoms with Gasteiger partial charge in [-0.2, -0.15) is 0 Å². The van der Waals surface area contributed by atoms with Gasteiger partial charge < -0.3 is 19.5 Å². The fourth-order valence-electron chi connectivity index (χ4n) is 6.03. The molecule has 1 aromatic heterocycles. The minimum absolute atomic E-state index is 0.0295.